The van der Waals surface area contributed by atoms with Crippen molar-refractivity contribution >= 4 is 27.2 Å². The minimum Gasteiger partial charge on any atom is -0.384 e. The first-order chi connectivity index (χ1) is 8.81. The Hall–Kier alpha value is -1.65. The second-order valence-electron chi connectivity index (χ2n) is 3.93. The van der Waals surface area contributed by atoms with E-state index in [9.17, 15) is 13.2 Å². The minimum atomic E-state index is -3.73. The number of hydrogen-bond donors (Lipinski definition) is 3. The molecule has 0 unspecified atom stereocenters. The molecule has 2 aromatic heterocycles. The standard InChI is InChI=1S/C9H13N5O3S2/c1-5-8(18-9(15)13-5)19(16,17)12-4-6-3-11-14(2)7(6)10/h3,12H,4,10H2,1-2H3,(H,13,15). The lowest BCUT2D eigenvalue weighted by Gasteiger charge is -2.05. The van der Waals surface area contributed by atoms with Crippen molar-refractivity contribution in [2.24, 2.45) is 7.05 Å². The Labute approximate surface area is 113 Å². The number of nitrogens with one attached hydrogen (secondary N) is 2. The molecule has 4 N–H and O–H groups in total. The van der Waals surface area contributed by atoms with Crippen molar-refractivity contribution in [3.8, 4) is 0 Å². The fourth-order valence-corrected chi connectivity index (χ4v) is 3.86. The maximum Gasteiger partial charge on any atom is 0.305 e. The molecule has 10 heteroatoms. The van der Waals surface area contributed by atoms with Crippen molar-refractivity contribution in [3.63, 3.8) is 0 Å². The number of aromatic amines is 1. The van der Waals surface area contributed by atoms with Gasteiger partial charge in [0, 0.05) is 24.8 Å². The molecule has 0 saturated heterocycles. The zero-order valence-corrected chi connectivity index (χ0v) is 11.9. The highest BCUT2D eigenvalue weighted by molar-refractivity contribution is 7.91. The molecule has 2 heterocycles. The van der Waals surface area contributed by atoms with Crippen molar-refractivity contribution in [3.05, 3.63) is 27.1 Å². The van der Waals surface area contributed by atoms with Gasteiger partial charge in [-0.25, -0.2) is 13.1 Å². The van der Waals surface area contributed by atoms with E-state index in [4.69, 9.17) is 5.73 Å². The second kappa shape index (κ2) is 4.79. The highest BCUT2D eigenvalue weighted by atomic mass is 32.2. The summed E-state index contributed by atoms with van der Waals surface area (Å²) >= 11 is 0.652. The average molecular weight is 303 g/mol. The van der Waals surface area contributed by atoms with Crippen LogP contribution in [0.25, 0.3) is 0 Å². The smallest absolute Gasteiger partial charge is 0.305 e. The van der Waals surface area contributed by atoms with E-state index in [1.54, 1.807) is 7.05 Å². The van der Waals surface area contributed by atoms with E-state index in [1.807, 2.05) is 0 Å². The molecule has 0 spiro atoms. The first-order valence-corrected chi connectivity index (χ1v) is 7.57. The first kappa shape index (κ1) is 13.8. The Morgan fingerprint density at radius 2 is 2.26 bits per heavy atom. The van der Waals surface area contributed by atoms with Gasteiger partial charge in [0.05, 0.1) is 6.20 Å². The molecule has 0 atom stereocenters. The maximum absolute atomic E-state index is 12.0. The molecule has 0 fully saturated rings. The van der Waals surface area contributed by atoms with E-state index in [2.05, 4.69) is 14.8 Å². The molecule has 0 amide bonds. The summed E-state index contributed by atoms with van der Waals surface area (Å²) in [5.74, 6) is 0.390. The number of thiazole rings is 1. The van der Waals surface area contributed by atoms with Crippen LogP contribution in [0.4, 0.5) is 5.82 Å². The molecule has 0 saturated carbocycles. The number of anilines is 1. The third-order valence-corrected chi connectivity index (χ3v) is 5.55. The van der Waals surface area contributed by atoms with Gasteiger partial charge in [0.25, 0.3) is 10.0 Å². The summed E-state index contributed by atoms with van der Waals surface area (Å²) in [4.78, 5) is 13.2. The highest BCUT2D eigenvalue weighted by Crippen LogP contribution is 2.17. The predicted molar refractivity (Wildman–Crippen MR) is 71.3 cm³/mol. The molecule has 104 valence electrons. The zero-order chi connectivity index (χ0) is 14.2. The monoisotopic (exact) mass is 303 g/mol. The number of H-pyrrole nitrogens is 1. The fourth-order valence-electron chi connectivity index (χ4n) is 1.51. The van der Waals surface area contributed by atoms with Crippen LogP contribution in [0.2, 0.25) is 0 Å². The number of nitrogens with zero attached hydrogens (tertiary/aromatic N) is 2. The second-order valence-corrected chi connectivity index (χ2v) is 6.88. The van der Waals surface area contributed by atoms with Gasteiger partial charge in [0.2, 0.25) is 0 Å². The van der Waals surface area contributed by atoms with Crippen LogP contribution < -0.4 is 15.3 Å². The van der Waals surface area contributed by atoms with E-state index in [-0.39, 0.29) is 10.8 Å². The summed E-state index contributed by atoms with van der Waals surface area (Å²) in [6.45, 7) is 1.55. The summed E-state index contributed by atoms with van der Waals surface area (Å²) < 4.78 is 27.9. The Kier molecular flexibility index (Phi) is 3.47. The summed E-state index contributed by atoms with van der Waals surface area (Å²) in [7, 11) is -2.07. The van der Waals surface area contributed by atoms with Crippen LogP contribution in [0.3, 0.4) is 0 Å². The van der Waals surface area contributed by atoms with E-state index >= 15 is 0 Å². The van der Waals surface area contributed by atoms with Crippen molar-refractivity contribution in [1.29, 1.82) is 0 Å². The van der Waals surface area contributed by atoms with E-state index in [0.717, 1.165) is 0 Å². The summed E-state index contributed by atoms with van der Waals surface area (Å²) in [5.41, 5.74) is 6.61. The molecule has 0 aromatic carbocycles. The Morgan fingerprint density at radius 1 is 1.58 bits per heavy atom. The predicted octanol–water partition coefficient (Wildman–Crippen LogP) is -0.461. The quantitative estimate of drug-likeness (QED) is 0.705. The summed E-state index contributed by atoms with van der Waals surface area (Å²) in [5, 5.41) is 3.91. The van der Waals surface area contributed by atoms with Crippen molar-refractivity contribution in [2.75, 3.05) is 5.73 Å². The summed E-state index contributed by atoms with van der Waals surface area (Å²) in [6, 6.07) is 0. The molecule has 0 bridgehead atoms. The molecular weight excluding hydrogens is 290 g/mol. The van der Waals surface area contributed by atoms with Crippen molar-refractivity contribution in [1.82, 2.24) is 19.5 Å². The van der Waals surface area contributed by atoms with Crippen LogP contribution >= 0.6 is 11.3 Å². The number of nitrogens with two attached hydrogens (primary N) is 1. The van der Waals surface area contributed by atoms with Crippen molar-refractivity contribution in [2.45, 2.75) is 17.7 Å². The van der Waals surface area contributed by atoms with Gasteiger partial charge in [-0.3, -0.25) is 9.48 Å². The molecule has 2 aromatic rings. The Morgan fingerprint density at radius 3 is 2.74 bits per heavy atom. The van der Waals surface area contributed by atoms with Crippen LogP contribution in [0.5, 0.6) is 0 Å². The van der Waals surface area contributed by atoms with Gasteiger partial charge in [0.1, 0.15) is 5.82 Å². The van der Waals surface area contributed by atoms with Gasteiger partial charge in [-0.1, -0.05) is 11.3 Å². The van der Waals surface area contributed by atoms with E-state index < -0.39 is 14.9 Å². The first-order valence-electron chi connectivity index (χ1n) is 5.27. The topological polar surface area (TPSA) is 123 Å². The molecule has 0 aliphatic carbocycles. The third kappa shape index (κ3) is 2.69. The largest absolute Gasteiger partial charge is 0.384 e. The number of rotatable bonds is 4. The third-order valence-electron chi connectivity index (χ3n) is 2.54. The lowest BCUT2D eigenvalue weighted by atomic mass is 10.3. The molecule has 19 heavy (non-hydrogen) atoms. The molecule has 2 rings (SSSR count). The maximum atomic E-state index is 12.0. The van der Waals surface area contributed by atoms with Crippen LogP contribution in [0, 0.1) is 6.92 Å². The number of aromatic nitrogens is 3. The van der Waals surface area contributed by atoms with E-state index in [0.29, 0.717) is 28.4 Å². The van der Waals surface area contributed by atoms with Gasteiger partial charge in [0.15, 0.2) is 4.21 Å². The Balaban J connectivity index is 2.21. The van der Waals surface area contributed by atoms with Crippen LogP contribution in [0.15, 0.2) is 15.2 Å². The minimum absolute atomic E-state index is 0.0139. The van der Waals surface area contributed by atoms with Crippen LogP contribution in [-0.2, 0) is 23.6 Å². The SMILES string of the molecule is Cc1[nH]c(=O)sc1S(=O)(=O)NCc1cnn(C)c1N. The molecular formula is C9H13N5O3S2. The van der Waals surface area contributed by atoms with Crippen molar-refractivity contribution < 1.29 is 8.42 Å². The molecule has 8 nitrogen and oxygen atoms in total. The van der Waals surface area contributed by atoms with Gasteiger partial charge in [-0.2, -0.15) is 5.10 Å². The zero-order valence-electron chi connectivity index (χ0n) is 10.3. The normalized spacial score (nSPS) is 11.9. The van der Waals surface area contributed by atoms with Gasteiger partial charge in [-0.15, -0.1) is 0 Å². The van der Waals surface area contributed by atoms with Crippen LogP contribution in [0.1, 0.15) is 11.3 Å². The van der Waals surface area contributed by atoms with Gasteiger partial charge < -0.3 is 10.7 Å². The van der Waals surface area contributed by atoms with E-state index in [1.165, 1.54) is 17.8 Å². The highest BCUT2D eigenvalue weighted by Gasteiger charge is 2.20. The molecule has 0 aliphatic rings. The molecule has 0 aliphatic heterocycles. The number of sulfonamides is 1. The average Bonchev–Trinajstić information content (AvgIpc) is 2.82. The lowest BCUT2D eigenvalue weighted by Crippen LogP contribution is -2.23. The number of hydrogen-bond acceptors (Lipinski definition) is 6. The summed E-state index contributed by atoms with van der Waals surface area (Å²) in [6.07, 6.45) is 1.49. The number of nitrogen functional groups attached to an aromatic ring is 1. The Bertz CT molecular complexity index is 755. The fraction of sp³-hybridized carbons (Fsp3) is 0.333. The molecule has 0 radical (unpaired) electrons. The van der Waals surface area contributed by atoms with Crippen LogP contribution in [-0.4, -0.2) is 23.2 Å². The van der Waals surface area contributed by atoms with Gasteiger partial charge in [-0.05, 0) is 6.92 Å². The lowest BCUT2D eigenvalue weighted by molar-refractivity contribution is 0.582. The van der Waals surface area contributed by atoms with Gasteiger partial charge >= 0.3 is 4.87 Å². The number of aryl methyl sites for hydroxylation is 2.